The van der Waals surface area contributed by atoms with E-state index in [0.29, 0.717) is 38.6 Å². The third-order valence-corrected chi connectivity index (χ3v) is 8.94. The molecule has 40 heavy (non-hydrogen) atoms. The Kier molecular flexibility index (Phi) is 7.68. The molecular formula is C28H24ClFN6O2S2. The standard InChI is InChI=1S/C28H24ClFN6O2S2/c1-28(2)11-20-24(21(37)12-28)23(15-7-9-16(29)10-8-15)17(13-31)25(32)36(20)26-34-35-27(40-26)39-14-22(38)33-19-6-4-3-5-18(19)30/h3-10,23H,11-12,14,32H2,1-2H3,(H,33,38). The van der Waals surface area contributed by atoms with Crippen molar-refractivity contribution in [2.24, 2.45) is 11.1 Å². The predicted octanol–water partition coefficient (Wildman–Crippen LogP) is 6.00. The first-order chi connectivity index (χ1) is 19.1. The zero-order valence-electron chi connectivity index (χ0n) is 21.6. The van der Waals surface area contributed by atoms with Gasteiger partial charge in [0.05, 0.1) is 29.0 Å². The molecule has 1 atom stereocenters. The Morgan fingerprint density at radius 3 is 2.67 bits per heavy atom. The molecule has 3 aromatic rings. The summed E-state index contributed by atoms with van der Waals surface area (Å²) in [6.07, 6.45) is 0.862. The highest BCUT2D eigenvalue weighted by molar-refractivity contribution is 8.01. The van der Waals surface area contributed by atoms with Gasteiger partial charge in [0, 0.05) is 22.7 Å². The number of nitrogens with zero attached hydrogens (tertiary/aromatic N) is 4. The topological polar surface area (TPSA) is 125 Å². The van der Waals surface area contributed by atoms with Crippen LogP contribution in [0.15, 0.2) is 75.5 Å². The van der Waals surface area contributed by atoms with Crippen LogP contribution in [0.25, 0.3) is 0 Å². The van der Waals surface area contributed by atoms with Crippen LogP contribution in [0, 0.1) is 22.6 Å². The van der Waals surface area contributed by atoms with E-state index in [0.717, 1.165) is 17.3 Å². The van der Waals surface area contributed by atoms with E-state index in [2.05, 4.69) is 21.6 Å². The number of thioether (sulfide) groups is 1. The van der Waals surface area contributed by atoms with E-state index in [1.54, 1.807) is 41.3 Å². The van der Waals surface area contributed by atoms with Crippen LogP contribution >= 0.6 is 34.7 Å². The first kappa shape index (κ1) is 27.8. The first-order valence-electron chi connectivity index (χ1n) is 12.3. The van der Waals surface area contributed by atoms with Gasteiger partial charge in [-0.25, -0.2) is 4.39 Å². The molecule has 8 nitrogen and oxygen atoms in total. The fourth-order valence-corrected chi connectivity index (χ4v) is 6.75. The Hall–Kier alpha value is -3.72. The molecule has 0 radical (unpaired) electrons. The van der Waals surface area contributed by atoms with Crippen molar-refractivity contribution in [1.82, 2.24) is 10.2 Å². The summed E-state index contributed by atoms with van der Waals surface area (Å²) in [6.45, 7) is 4.03. The fraction of sp³-hybridized carbons (Fsp3) is 0.250. The molecule has 0 spiro atoms. The number of carbonyl (C=O) groups is 2. The van der Waals surface area contributed by atoms with E-state index in [1.807, 2.05) is 13.8 Å². The number of allylic oxidation sites excluding steroid dienone is 3. The SMILES string of the molecule is CC1(C)CC(=O)C2=C(C1)N(c1nnc(SCC(=O)Nc3ccccc3F)s1)C(N)=C(C#N)C2c1ccc(Cl)cc1. The van der Waals surface area contributed by atoms with Gasteiger partial charge in [-0.15, -0.1) is 10.2 Å². The molecule has 0 fully saturated rings. The number of aromatic nitrogens is 2. The predicted molar refractivity (Wildman–Crippen MR) is 154 cm³/mol. The third-order valence-electron chi connectivity index (χ3n) is 6.65. The maximum absolute atomic E-state index is 13.9. The van der Waals surface area contributed by atoms with Crippen LogP contribution in [-0.4, -0.2) is 27.6 Å². The Labute approximate surface area is 243 Å². The Morgan fingerprint density at radius 1 is 1.25 bits per heavy atom. The second-order valence-electron chi connectivity index (χ2n) is 10.2. The number of hydrogen-bond donors (Lipinski definition) is 2. The number of ketones is 1. The van der Waals surface area contributed by atoms with E-state index >= 15 is 0 Å². The van der Waals surface area contributed by atoms with Crippen LogP contribution in [0.3, 0.4) is 0 Å². The molecule has 1 aliphatic carbocycles. The number of hydrogen-bond acceptors (Lipinski definition) is 9. The number of amides is 1. The van der Waals surface area contributed by atoms with Crippen molar-refractivity contribution in [3.63, 3.8) is 0 Å². The lowest BCUT2D eigenvalue weighted by molar-refractivity contribution is -0.118. The minimum Gasteiger partial charge on any atom is -0.384 e. The van der Waals surface area contributed by atoms with Gasteiger partial charge in [0.2, 0.25) is 11.0 Å². The molecule has 1 aromatic heterocycles. The summed E-state index contributed by atoms with van der Waals surface area (Å²) in [5.41, 5.74) is 8.59. The van der Waals surface area contributed by atoms with E-state index in [9.17, 15) is 19.2 Å². The van der Waals surface area contributed by atoms with Crippen molar-refractivity contribution in [2.45, 2.75) is 36.9 Å². The second-order valence-corrected chi connectivity index (χ2v) is 12.8. The van der Waals surface area contributed by atoms with Crippen molar-refractivity contribution < 1.29 is 14.0 Å². The number of Topliss-reactive ketones (excluding diaryl/α,β-unsaturated/α-hetero) is 1. The maximum Gasteiger partial charge on any atom is 0.234 e. The average Bonchev–Trinajstić information content (AvgIpc) is 3.36. The lowest BCUT2D eigenvalue weighted by Crippen LogP contribution is -2.42. The van der Waals surface area contributed by atoms with Gasteiger partial charge < -0.3 is 11.1 Å². The normalized spacial score (nSPS) is 18.4. The van der Waals surface area contributed by atoms with Crippen LogP contribution in [0.5, 0.6) is 0 Å². The average molecular weight is 595 g/mol. The first-order valence-corrected chi connectivity index (χ1v) is 14.5. The van der Waals surface area contributed by atoms with Gasteiger partial charge in [-0.3, -0.25) is 14.5 Å². The maximum atomic E-state index is 13.9. The van der Waals surface area contributed by atoms with Gasteiger partial charge in [0.1, 0.15) is 11.6 Å². The third kappa shape index (κ3) is 5.47. The van der Waals surface area contributed by atoms with Crippen molar-refractivity contribution in [3.8, 4) is 6.07 Å². The lowest BCUT2D eigenvalue weighted by atomic mass is 9.69. The molecule has 12 heteroatoms. The van der Waals surface area contributed by atoms with Crippen molar-refractivity contribution in [3.05, 3.63) is 87.6 Å². The molecule has 0 bridgehead atoms. The zero-order valence-corrected chi connectivity index (χ0v) is 24.0. The van der Waals surface area contributed by atoms with Crippen molar-refractivity contribution in [2.75, 3.05) is 16.0 Å². The number of rotatable bonds is 6. The van der Waals surface area contributed by atoms with Crippen molar-refractivity contribution >= 4 is 57.2 Å². The summed E-state index contributed by atoms with van der Waals surface area (Å²) >= 11 is 8.44. The van der Waals surface area contributed by atoms with Crippen LogP contribution in [0.2, 0.25) is 5.02 Å². The molecule has 0 saturated heterocycles. The Morgan fingerprint density at radius 2 is 1.98 bits per heavy atom. The van der Waals surface area contributed by atoms with Gasteiger partial charge in [-0.2, -0.15) is 5.26 Å². The zero-order chi connectivity index (χ0) is 28.6. The number of nitrogens with two attached hydrogens (primary N) is 1. The highest BCUT2D eigenvalue weighted by Crippen LogP contribution is 2.50. The Balaban J connectivity index is 1.47. The minimum absolute atomic E-state index is 0.0180. The largest absolute Gasteiger partial charge is 0.384 e. The quantitative estimate of drug-likeness (QED) is 0.333. The van der Waals surface area contributed by atoms with Crippen LogP contribution in [0.4, 0.5) is 15.2 Å². The van der Waals surface area contributed by atoms with Crippen LogP contribution < -0.4 is 16.0 Å². The number of nitriles is 1. The monoisotopic (exact) mass is 594 g/mol. The second kappa shape index (κ2) is 11.0. The summed E-state index contributed by atoms with van der Waals surface area (Å²) in [5.74, 6) is -1.44. The van der Waals surface area contributed by atoms with E-state index in [1.165, 1.54) is 23.5 Å². The molecule has 2 aliphatic rings. The van der Waals surface area contributed by atoms with Gasteiger partial charge in [0.15, 0.2) is 10.1 Å². The molecule has 204 valence electrons. The van der Waals surface area contributed by atoms with Crippen LogP contribution in [0.1, 0.15) is 38.2 Å². The number of nitrogens with one attached hydrogen (secondary N) is 1. The molecule has 0 saturated carbocycles. The lowest BCUT2D eigenvalue weighted by Gasteiger charge is -2.42. The van der Waals surface area contributed by atoms with Crippen molar-refractivity contribution in [1.29, 1.82) is 5.26 Å². The van der Waals surface area contributed by atoms with Crippen LogP contribution in [-0.2, 0) is 9.59 Å². The van der Waals surface area contributed by atoms with Gasteiger partial charge in [-0.05, 0) is 41.7 Å². The summed E-state index contributed by atoms with van der Waals surface area (Å²) in [4.78, 5) is 27.7. The molecule has 2 heterocycles. The van der Waals surface area contributed by atoms with Gasteiger partial charge in [-0.1, -0.05) is 72.8 Å². The molecule has 1 unspecified atom stereocenters. The summed E-state index contributed by atoms with van der Waals surface area (Å²) in [7, 11) is 0. The molecular weight excluding hydrogens is 571 g/mol. The smallest absolute Gasteiger partial charge is 0.234 e. The number of halogens is 2. The fourth-order valence-electron chi connectivity index (χ4n) is 4.94. The van der Waals surface area contributed by atoms with E-state index < -0.39 is 17.6 Å². The van der Waals surface area contributed by atoms with E-state index in [-0.39, 0.29) is 34.0 Å². The number of carbonyl (C=O) groups excluding carboxylic acids is 2. The van der Waals surface area contributed by atoms with Gasteiger partial charge >= 0.3 is 0 Å². The highest BCUT2D eigenvalue weighted by Gasteiger charge is 2.45. The Bertz CT molecular complexity index is 1610. The minimum atomic E-state index is -0.624. The molecule has 3 N–H and O–H groups in total. The molecule has 5 rings (SSSR count). The number of benzene rings is 2. The molecule has 1 amide bonds. The summed E-state index contributed by atoms with van der Waals surface area (Å²) in [6, 6.07) is 15.2. The van der Waals surface area contributed by atoms with E-state index in [4.69, 9.17) is 17.3 Å². The summed E-state index contributed by atoms with van der Waals surface area (Å²) in [5, 5.41) is 22.2. The molecule has 2 aromatic carbocycles. The summed E-state index contributed by atoms with van der Waals surface area (Å²) < 4.78 is 14.4. The number of anilines is 2. The number of para-hydroxylation sites is 1. The molecule has 1 aliphatic heterocycles. The highest BCUT2D eigenvalue weighted by atomic mass is 35.5. The van der Waals surface area contributed by atoms with Gasteiger partial charge in [0.25, 0.3) is 0 Å².